The van der Waals surface area contributed by atoms with Crippen molar-refractivity contribution in [3.63, 3.8) is 0 Å². The molecule has 0 spiro atoms. The van der Waals surface area contributed by atoms with E-state index in [1.807, 2.05) is 22.9 Å². The third-order valence-electron chi connectivity index (χ3n) is 3.34. The standard InChI is InChI=1S/C16H20FNOS/c1-12(5-6-13-3-2-4-15(17)9-13)18-10-16(19)14-7-8-20-11-14/h2-4,7-9,11-12,16,18-19H,5-6,10H2,1H3. The maximum Gasteiger partial charge on any atom is 0.123 e. The van der Waals surface area contributed by atoms with Crippen LogP contribution < -0.4 is 5.32 Å². The molecule has 1 aromatic carbocycles. The van der Waals surface area contributed by atoms with E-state index in [1.54, 1.807) is 23.5 Å². The van der Waals surface area contributed by atoms with Gasteiger partial charge in [0.2, 0.25) is 0 Å². The SMILES string of the molecule is CC(CCc1cccc(F)c1)NCC(O)c1ccsc1. The maximum absolute atomic E-state index is 13.1. The van der Waals surface area contributed by atoms with Crippen LogP contribution in [0.1, 0.15) is 30.6 Å². The van der Waals surface area contributed by atoms with Crippen molar-refractivity contribution in [1.82, 2.24) is 5.32 Å². The Labute approximate surface area is 123 Å². The van der Waals surface area contributed by atoms with Crippen LogP contribution in [0.15, 0.2) is 41.1 Å². The first-order valence-corrected chi connectivity index (χ1v) is 7.77. The molecule has 0 saturated carbocycles. The quantitative estimate of drug-likeness (QED) is 0.818. The first-order chi connectivity index (χ1) is 9.65. The predicted octanol–water partition coefficient (Wildman–Crippen LogP) is 3.53. The van der Waals surface area contributed by atoms with Crippen molar-refractivity contribution in [1.29, 1.82) is 0 Å². The number of halogens is 1. The third-order valence-corrected chi connectivity index (χ3v) is 4.04. The lowest BCUT2D eigenvalue weighted by Gasteiger charge is -2.16. The average molecular weight is 293 g/mol. The second-order valence-electron chi connectivity index (χ2n) is 5.05. The zero-order valence-electron chi connectivity index (χ0n) is 11.6. The summed E-state index contributed by atoms with van der Waals surface area (Å²) < 4.78 is 13.1. The number of aliphatic hydroxyl groups is 1. The molecule has 2 rings (SSSR count). The average Bonchev–Trinajstić information content (AvgIpc) is 2.97. The van der Waals surface area contributed by atoms with Crippen LogP contribution >= 0.6 is 11.3 Å². The number of benzene rings is 1. The molecule has 20 heavy (non-hydrogen) atoms. The molecule has 0 saturated heterocycles. The van der Waals surface area contributed by atoms with Crippen molar-refractivity contribution in [3.05, 3.63) is 58.0 Å². The number of nitrogens with one attached hydrogen (secondary N) is 1. The number of thiophene rings is 1. The van der Waals surface area contributed by atoms with Gasteiger partial charge in [-0.1, -0.05) is 12.1 Å². The van der Waals surface area contributed by atoms with E-state index < -0.39 is 6.10 Å². The number of hydrogen-bond acceptors (Lipinski definition) is 3. The topological polar surface area (TPSA) is 32.3 Å². The minimum atomic E-state index is -0.460. The van der Waals surface area contributed by atoms with E-state index >= 15 is 0 Å². The number of aryl methyl sites for hydroxylation is 1. The van der Waals surface area contributed by atoms with Gasteiger partial charge >= 0.3 is 0 Å². The monoisotopic (exact) mass is 293 g/mol. The summed E-state index contributed by atoms with van der Waals surface area (Å²) >= 11 is 1.59. The van der Waals surface area contributed by atoms with Gasteiger partial charge in [-0.15, -0.1) is 0 Å². The largest absolute Gasteiger partial charge is 0.387 e. The summed E-state index contributed by atoms with van der Waals surface area (Å²) in [6.07, 6.45) is 1.29. The Morgan fingerprint density at radius 2 is 2.20 bits per heavy atom. The Morgan fingerprint density at radius 1 is 1.35 bits per heavy atom. The molecule has 2 N–H and O–H groups in total. The molecule has 2 atom stereocenters. The molecule has 1 heterocycles. The van der Waals surface area contributed by atoms with Crippen molar-refractivity contribution in [2.24, 2.45) is 0 Å². The van der Waals surface area contributed by atoms with E-state index in [2.05, 4.69) is 12.2 Å². The van der Waals surface area contributed by atoms with Crippen LogP contribution in [0.4, 0.5) is 4.39 Å². The molecular weight excluding hydrogens is 273 g/mol. The van der Waals surface area contributed by atoms with Crippen LogP contribution in [0.3, 0.4) is 0 Å². The maximum atomic E-state index is 13.1. The molecule has 0 aliphatic heterocycles. The summed E-state index contributed by atoms with van der Waals surface area (Å²) in [7, 11) is 0. The second-order valence-corrected chi connectivity index (χ2v) is 5.83. The highest BCUT2D eigenvalue weighted by molar-refractivity contribution is 7.07. The van der Waals surface area contributed by atoms with Crippen molar-refractivity contribution in [3.8, 4) is 0 Å². The fourth-order valence-corrected chi connectivity index (χ4v) is 2.78. The fourth-order valence-electron chi connectivity index (χ4n) is 2.07. The van der Waals surface area contributed by atoms with Gasteiger partial charge in [0.1, 0.15) is 5.82 Å². The van der Waals surface area contributed by atoms with Gasteiger partial charge in [-0.2, -0.15) is 11.3 Å². The molecule has 108 valence electrons. The lowest BCUT2D eigenvalue weighted by atomic mass is 10.1. The molecule has 0 aliphatic rings. The Bertz CT molecular complexity index is 515. The van der Waals surface area contributed by atoms with Gasteiger partial charge in [-0.05, 0) is 59.9 Å². The molecule has 0 fully saturated rings. The van der Waals surface area contributed by atoms with Gasteiger partial charge in [0.25, 0.3) is 0 Å². The van der Waals surface area contributed by atoms with Crippen LogP contribution in [0.25, 0.3) is 0 Å². The lowest BCUT2D eigenvalue weighted by Crippen LogP contribution is -2.30. The smallest absolute Gasteiger partial charge is 0.123 e. The zero-order chi connectivity index (χ0) is 14.4. The van der Waals surface area contributed by atoms with Crippen LogP contribution in [0, 0.1) is 5.82 Å². The minimum absolute atomic E-state index is 0.184. The molecule has 0 radical (unpaired) electrons. The zero-order valence-corrected chi connectivity index (χ0v) is 12.4. The summed E-state index contributed by atoms with van der Waals surface area (Å²) in [6.45, 7) is 2.63. The highest BCUT2D eigenvalue weighted by atomic mass is 32.1. The van der Waals surface area contributed by atoms with Crippen LogP contribution in [-0.4, -0.2) is 17.7 Å². The van der Waals surface area contributed by atoms with Gasteiger partial charge in [0.05, 0.1) is 6.10 Å². The summed E-state index contributed by atoms with van der Waals surface area (Å²) in [5, 5.41) is 17.2. The van der Waals surface area contributed by atoms with Gasteiger partial charge < -0.3 is 10.4 Å². The van der Waals surface area contributed by atoms with Crippen LogP contribution in [0.5, 0.6) is 0 Å². The molecule has 0 amide bonds. The normalized spacial score (nSPS) is 14.2. The van der Waals surface area contributed by atoms with Crippen molar-refractivity contribution in [2.45, 2.75) is 31.9 Å². The molecule has 2 unspecified atom stereocenters. The van der Waals surface area contributed by atoms with E-state index in [9.17, 15) is 9.50 Å². The molecule has 0 bridgehead atoms. The van der Waals surface area contributed by atoms with Crippen molar-refractivity contribution < 1.29 is 9.50 Å². The Morgan fingerprint density at radius 3 is 2.90 bits per heavy atom. The second kappa shape index (κ2) is 7.53. The Hall–Kier alpha value is -1.23. The molecule has 2 aromatic rings. The molecular formula is C16H20FNOS. The Balaban J connectivity index is 1.71. The van der Waals surface area contributed by atoms with Gasteiger partial charge in [0.15, 0.2) is 0 Å². The highest BCUT2D eigenvalue weighted by Crippen LogP contribution is 2.15. The summed E-state index contributed by atoms with van der Waals surface area (Å²) in [4.78, 5) is 0. The summed E-state index contributed by atoms with van der Waals surface area (Å²) in [6, 6.07) is 8.94. The Kier molecular flexibility index (Phi) is 5.71. The minimum Gasteiger partial charge on any atom is -0.387 e. The molecule has 1 aromatic heterocycles. The van der Waals surface area contributed by atoms with E-state index in [4.69, 9.17) is 0 Å². The number of aliphatic hydroxyl groups excluding tert-OH is 1. The number of rotatable bonds is 7. The summed E-state index contributed by atoms with van der Waals surface area (Å²) in [5.74, 6) is -0.184. The van der Waals surface area contributed by atoms with Crippen LogP contribution in [0.2, 0.25) is 0 Å². The van der Waals surface area contributed by atoms with E-state index in [0.717, 1.165) is 24.0 Å². The van der Waals surface area contributed by atoms with Crippen molar-refractivity contribution in [2.75, 3.05) is 6.54 Å². The molecule has 0 aliphatic carbocycles. The first kappa shape index (κ1) is 15.2. The fraction of sp³-hybridized carbons (Fsp3) is 0.375. The third kappa shape index (κ3) is 4.71. The lowest BCUT2D eigenvalue weighted by molar-refractivity contribution is 0.170. The van der Waals surface area contributed by atoms with Gasteiger partial charge in [-0.3, -0.25) is 0 Å². The van der Waals surface area contributed by atoms with Crippen LogP contribution in [-0.2, 0) is 6.42 Å². The molecule has 4 heteroatoms. The summed E-state index contributed by atoms with van der Waals surface area (Å²) in [5.41, 5.74) is 1.97. The van der Waals surface area contributed by atoms with E-state index in [1.165, 1.54) is 6.07 Å². The first-order valence-electron chi connectivity index (χ1n) is 6.83. The van der Waals surface area contributed by atoms with Gasteiger partial charge in [0, 0.05) is 12.6 Å². The molecule has 2 nitrogen and oxygen atoms in total. The number of hydrogen-bond donors (Lipinski definition) is 2. The predicted molar refractivity (Wildman–Crippen MR) is 81.5 cm³/mol. The van der Waals surface area contributed by atoms with E-state index in [-0.39, 0.29) is 11.9 Å². The highest BCUT2D eigenvalue weighted by Gasteiger charge is 2.09. The van der Waals surface area contributed by atoms with Gasteiger partial charge in [-0.25, -0.2) is 4.39 Å². The van der Waals surface area contributed by atoms with Crippen molar-refractivity contribution >= 4 is 11.3 Å². The van der Waals surface area contributed by atoms with E-state index in [0.29, 0.717) is 6.54 Å².